The van der Waals surface area contributed by atoms with Gasteiger partial charge in [-0.05, 0) is 31.9 Å². The summed E-state index contributed by atoms with van der Waals surface area (Å²) in [5.74, 6) is 0.160. The molecule has 1 unspecified atom stereocenters. The molecule has 2 rings (SSSR count). The quantitative estimate of drug-likeness (QED) is 0.776. The lowest BCUT2D eigenvalue weighted by Crippen LogP contribution is -2.29. The Hall–Kier alpha value is -0.780. The minimum absolute atomic E-state index is 0.212. The van der Waals surface area contributed by atoms with E-state index in [1.165, 1.54) is 6.07 Å². The highest BCUT2D eigenvalue weighted by Crippen LogP contribution is 2.30. The molecule has 2 nitrogen and oxygen atoms in total. The van der Waals surface area contributed by atoms with E-state index in [0.717, 1.165) is 15.2 Å². The SMILES string of the molecule is CC(C)NC(c1nc(C(C)C)cs1)c1ccc(Br)cc1F. The zero-order valence-electron chi connectivity index (χ0n) is 12.7. The van der Waals surface area contributed by atoms with Gasteiger partial charge in [0.1, 0.15) is 10.8 Å². The van der Waals surface area contributed by atoms with Crippen LogP contribution in [-0.4, -0.2) is 11.0 Å². The van der Waals surface area contributed by atoms with Crippen LogP contribution in [0.25, 0.3) is 0 Å². The van der Waals surface area contributed by atoms with Crippen molar-refractivity contribution in [3.05, 3.63) is 50.1 Å². The molecule has 0 aliphatic carbocycles. The van der Waals surface area contributed by atoms with Crippen LogP contribution in [0.2, 0.25) is 0 Å². The van der Waals surface area contributed by atoms with Crippen molar-refractivity contribution in [2.24, 2.45) is 0 Å². The Morgan fingerprint density at radius 2 is 1.95 bits per heavy atom. The summed E-state index contributed by atoms with van der Waals surface area (Å²) < 4.78 is 15.1. The van der Waals surface area contributed by atoms with E-state index in [0.29, 0.717) is 11.5 Å². The summed E-state index contributed by atoms with van der Waals surface area (Å²) >= 11 is 4.89. The highest BCUT2D eigenvalue weighted by molar-refractivity contribution is 9.10. The molecule has 0 radical (unpaired) electrons. The van der Waals surface area contributed by atoms with E-state index in [1.54, 1.807) is 11.3 Å². The topological polar surface area (TPSA) is 24.9 Å². The maximum atomic E-state index is 14.3. The average molecular weight is 371 g/mol. The molecule has 1 aromatic heterocycles. The Morgan fingerprint density at radius 3 is 2.48 bits per heavy atom. The van der Waals surface area contributed by atoms with Gasteiger partial charge in [0.25, 0.3) is 0 Å². The molecule has 0 saturated carbocycles. The first-order valence-electron chi connectivity index (χ1n) is 7.04. The molecule has 1 N–H and O–H groups in total. The van der Waals surface area contributed by atoms with Gasteiger partial charge in [0.15, 0.2) is 0 Å². The summed E-state index contributed by atoms with van der Waals surface area (Å²) in [5, 5.41) is 6.39. The van der Waals surface area contributed by atoms with E-state index in [1.807, 2.05) is 12.1 Å². The van der Waals surface area contributed by atoms with Crippen LogP contribution in [0.5, 0.6) is 0 Å². The number of benzene rings is 1. The molecule has 0 aliphatic rings. The van der Waals surface area contributed by atoms with Crippen molar-refractivity contribution >= 4 is 27.3 Å². The van der Waals surface area contributed by atoms with Gasteiger partial charge in [-0.1, -0.05) is 35.8 Å². The second-order valence-corrected chi connectivity index (χ2v) is 7.49. The van der Waals surface area contributed by atoms with Crippen molar-refractivity contribution < 1.29 is 4.39 Å². The number of nitrogens with zero attached hydrogens (tertiary/aromatic N) is 1. The van der Waals surface area contributed by atoms with Crippen LogP contribution in [0.4, 0.5) is 4.39 Å². The molecule has 1 atom stereocenters. The molecule has 1 heterocycles. The molecule has 0 aliphatic heterocycles. The van der Waals surface area contributed by atoms with E-state index in [9.17, 15) is 4.39 Å². The molecule has 21 heavy (non-hydrogen) atoms. The fourth-order valence-electron chi connectivity index (χ4n) is 2.06. The van der Waals surface area contributed by atoms with Crippen LogP contribution >= 0.6 is 27.3 Å². The number of aromatic nitrogens is 1. The lowest BCUT2D eigenvalue weighted by Gasteiger charge is -2.20. The van der Waals surface area contributed by atoms with Crippen molar-refractivity contribution in [2.45, 2.75) is 45.7 Å². The van der Waals surface area contributed by atoms with Gasteiger partial charge in [-0.15, -0.1) is 11.3 Å². The first-order valence-corrected chi connectivity index (χ1v) is 8.72. The lowest BCUT2D eigenvalue weighted by molar-refractivity contribution is 0.500. The predicted octanol–water partition coefficient (Wildman–Crippen LogP) is 5.26. The van der Waals surface area contributed by atoms with Crippen molar-refractivity contribution in [1.29, 1.82) is 0 Å². The van der Waals surface area contributed by atoms with Crippen molar-refractivity contribution in [1.82, 2.24) is 10.3 Å². The Labute approximate surface area is 137 Å². The van der Waals surface area contributed by atoms with Crippen LogP contribution in [0, 0.1) is 5.82 Å². The third-order valence-corrected chi connectivity index (χ3v) is 4.57. The molecule has 0 saturated heterocycles. The molecule has 0 spiro atoms. The van der Waals surface area contributed by atoms with Crippen LogP contribution in [0.1, 0.15) is 55.9 Å². The summed E-state index contributed by atoms with van der Waals surface area (Å²) in [4.78, 5) is 4.68. The minimum Gasteiger partial charge on any atom is -0.302 e. The van der Waals surface area contributed by atoms with Crippen molar-refractivity contribution in [3.63, 3.8) is 0 Å². The van der Waals surface area contributed by atoms with Gasteiger partial charge in [-0.2, -0.15) is 0 Å². The molecule has 2 aromatic rings. The van der Waals surface area contributed by atoms with Gasteiger partial charge in [0.05, 0.1) is 11.7 Å². The fourth-order valence-corrected chi connectivity index (χ4v) is 3.45. The van der Waals surface area contributed by atoms with E-state index in [2.05, 4.69) is 59.3 Å². The Morgan fingerprint density at radius 1 is 1.24 bits per heavy atom. The van der Waals surface area contributed by atoms with Crippen molar-refractivity contribution in [3.8, 4) is 0 Å². The third kappa shape index (κ3) is 4.11. The Bertz CT molecular complexity index is 610. The molecule has 0 bridgehead atoms. The summed E-state index contributed by atoms with van der Waals surface area (Å²) in [7, 11) is 0. The van der Waals surface area contributed by atoms with Gasteiger partial charge in [0.2, 0.25) is 0 Å². The number of hydrogen-bond donors (Lipinski definition) is 1. The highest BCUT2D eigenvalue weighted by atomic mass is 79.9. The third-order valence-electron chi connectivity index (χ3n) is 3.15. The standard InChI is InChI=1S/C16H20BrFN2S/c1-9(2)14-8-21-16(20-14)15(19-10(3)4)12-6-5-11(17)7-13(12)18/h5-10,15,19H,1-4H3. The molecule has 0 amide bonds. The second-order valence-electron chi connectivity index (χ2n) is 5.69. The number of halogens is 2. The Balaban J connectivity index is 2.41. The van der Waals surface area contributed by atoms with Gasteiger partial charge in [-0.3, -0.25) is 0 Å². The molecular formula is C16H20BrFN2S. The maximum absolute atomic E-state index is 14.3. The van der Waals surface area contributed by atoms with E-state index < -0.39 is 0 Å². The molecular weight excluding hydrogens is 351 g/mol. The highest BCUT2D eigenvalue weighted by Gasteiger charge is 2.22. The average Bonchev–Trinajstić information content (AvgIpc) is 2.85. The summed E-state index contributed by atoms with van der Waals surface area (Å²) in [5.41, 5.74) is 1.69. The molecule has 1 aromatic carbocycles. The predicted molar refractivity (Wildman–Crippen MR) is 90.4 cm³/mol. The number of nitrogens with one attached hydrogen (secondary N) is 1. The number of rotatable bonds is 5. The van der Waals surface area contributed by atoms with E-state index in [-0.39, 0.29) is 17.9 Å². The van der Waals surface area contributed by atoms with Gasteiger partial charge in [-0.25, -0.2) is 9.37 Å². The smallest absolute Gasteiger partial charge is 0.129 e. The number of thiazole rings is 1. The largest absolute Gasteiger partial charge is 0.302 e. The van der Waals surface area contributed by atoms with Crippen LogP contribution in [0.15, 0.2) is 28.1 Å². The molecule has 114 valence electrons. The molecule has 0 fully saturated rings. The first-order chi connectivity index (χ1) is 9.88. The molecule has 5 heteroatoms. The van der Waals surface area contributed by atoms with E-state index in [4.69, 9.17) is 0 Å². The zero-order valence-corrected chi connectivity index (χ0v) is 15.1. The summed E-state index contributed by atoms with van der Waals surface area (Å²) in [6.45, 7) is 8.34. The number of hydrogen-bond acceptors (Lipinski definition) is 3. The van der Waals surface area contributed by atoms with Crippen LogP contribution in [0.3, 0.4) is 0 Å². The normalized spacial score (nSPS) is 13.1. The summed E-state index contributed by atoms with van der Waals surface area (Å²) in [6, 6.07) is 5.21. The van der Waals surface area contributed by atoms with Gasteiger partial charge < -0.3 is 5.32 Å². The van der Waals surface area contributed by atoms with E-state index >= 15 is 0 Å². The van der Waals surface area contributed by atoms with Crippen LogP contribution < -0.4 is 5.32 Å². The second kappa shape index (κ2) is 6.99. The van der Waals surface area contributed by atoms with Gasteiger partial charge in [0, 0.05) is 21.5 Å². The van der Waals surface area contributed by atoms with Crippen molar-refractivity contribution in [2.75, 3.05) is 0 Å². The van der Waals surface area contributed by atoms with Gasteiger partial charge >= 0.3 is 0 Å². The fraction of sp³-hybridized carbons (Fsp3) is 0.438. The monoisotopic (exact) mass is 370 g/mol. The zero-order chi connectivity index (χ0) is 15.6. The Kier molecular flexibility index (Phi) is 5.52. The summed E-state index contributed by atoms with van der Waals surface area (Å²) in [6.07, 6.45) is 0. The minimum atomic E-state index is -0.219. The first kappa shape index (κ1) is 16.6. The maximum Gasteiger partial charge on any atom is 0.129 e. The lowest BCUT2D eigenvalue weighted by atomic mass is 10.1. The van der Waals surface area contributed by atoms with Crippen LogP contribution in [-0.2, 0) is 0 Å².